The molecule has 1 N–H and O–H groups in total. The molecule has 0 aliphatic rings. The van der Waals surface area contributed by atoms with Crippen LogP contribution in [-0.2, 0) is 10.2 Å². The van der Waals surface area contributed by atoms with Crippen LogP contribution < -0.4 is 5.32 Å². The van der Waals surface area contributed by atoms with E-state index in [1.54, 1.807) is 0 Å². The lowest BCUT2D eigenvalue weighted by Gasteiger charge is -2.45. The smallest absolute Gasteiger partial charge is 0.251 e. The van der Waals surface area contributed by atoms with E-state index in [2.05, 4.69) is 38.2 Å². The van der Waals surface area contributed by atoms with Gasteiger partial charge in [-0.1, -0.05) is 55.5 Å². The molecule has 0 bridgehead atoms. The van der Waals surface area contributed by atoms with Gasteiger partial charge in [-0.25, -0.2) is 0 Å². The first-order valence-electron chi connectivity index (χ1n) is 8.83. The third-order valence-electron chi connectivity index (χ3n) is 4.91. The highest BCUT2D eigenvalue weighted by Gasteiger charge is 2.44. The third-order valence-corrected chi connectivity index (χ3v) is 4.91. The summed E-state index contributed by atoms with van der Waals surface area (Å²) in [5, 5.41) is 3.10. The van der Waals surface area contributed by atoms with E-state index in [4.69, 9.17) is 4.74 Å². The molecule has 0 aromatic heterocycles. The van der Waals surface area contributed by atoms with Crippen LogP contribution in [0.2, 0.25) is 0 Å². The van der Waals surface area contributed by atoms with E-state index in [0.29, 0.717) is 12.1 Å². The molecule has 2 aromatic rings. The summed E-state index contributed by atoms with van der Waals surface area (Å²) in [7, 11) is 0. The average molecular weight is 339 g/mol. The second-order valence-electron chi connectivity index (χ2n) is 7.42. The predicted octanol–water partition coefficient (Wildman–Crippen LogP) is 4.58. The topological polar surface area (TPSA) is 38.3 Å². The lowest BCUT2D eigenvalue weighted by molar-refractivity contribution is -0.101. The molecular weight excluding hydrogens is 310 g/mol. The van der Waals surface area contributed by atoms with Crippen LogP contribution in [0.5, 0.6) is 0 Å². The number of nitrogens with one attached hydrogen (secondary N) is 1. The van der Waals surface area contributed by atoms with E-state index in [1.807, 2.05) is 62.4 Å². The molecule has 2 rings (SSSR count). The maximum atomic E-state index is 12.5. The van der Waals surface area contributed by atoms with Crippen molar-refractivity contribution in [2.24, 2.45) is 0 Å². The maximum absolute atomic E-state index is 12.5. The van der Waals surface area contributed by atoms with Gasteiger partial charge in [-0.15, -0.1) is 0 Å². The molecule has 0 radical (unpaired) electrons. The summed E-state index contributed by atoms with van der Waals surface area (Å²) in [5.41, 5.74) is 0.990. The molecule has 0 saturated carbocycles. The summed E-state index contributed by atoms with van der Waals surface area (Å²) < 4.78 is 6.24. The molecule has 0 spiro atoms. The Morgan fingerprint density at radius 3 is 2.00 bits per heavy atom. The molecular formula is C22H29NO2. The molecule has 3 heteroatoms. The van der Waals surface area contributed by atoms with Crippen LogP contribution >= 0.6 is 0 Å². The minimum absolute atomic E-state index is 0.0666. The Kier molecular flexibility index (Phi) is 6.02. The Morgan fingerprint density at radius 2 is 1.48 bits per heavy atom. The average Bonchev–Trinajstić information content (AvgIpc) is 2.59. The zero-order chi connectivity index (χ0) is 18.5. The van der Waals surface area contributed by atoms with Gasteiger partial charge >= 0.3 is 0 Å². The van der Waals surface area contributed by atoms with Crippen molar-refractivity contribution in [3.8, 4) is 0 Å². The van der Waals surface area contributed by atoms with Crippen LogP contribution in [0.1, 0.15) is 50.5 Å². The number of benzene rings is 2. The van der Waals surface area contributed by atoms with E-state index in [-0.39, 0.29) is 17.4 Å². The standard InChI is InChI=1S/C22H29NO2/c1-17(2)25-21(3,4)22(5,19-14-10-7-11-15-19)16-23-20(24)18-12-8-6-9-13-18/h6-15,17H,16H2,1-5H3,(H,23,24). The fourth-order valence-corrected chi connectivity index (χ4v) is 3.14. The fourth-order valence-electron chi connectivity index (χ4n) is 3.14. The molecule has 0 fully saturated rings. The Hall–Kier alpha value is -2.13. The van der Waals surface area contributed by atoms with E-state index < -0.39 is 5.60 Å². The van der Waals surface area contributed by atoms with E-state index in [0.717, 1.165) is 5.56 Å². The SMILES string of the molecule is CC(C)OC(C)(C)C(C)(CNC(=O)c1ccccc1)c1ccccc1. The Morgan fingerprint density at radius 1 is 0.960 bits per heavy atom. The minimum Gasteiger partial charge on any atom is -0.372 e. The van der Waals surface area contributed by atoms with Gasteiger partial charge in [0.1, 0.15) is 0 Å². The quantitative estimate of drug-likeness (QED) is 0.802. The highest BCUT2D eigenvalue weighted by atomic mass is 16.5. The number of carbonyl (C=O) groups is 1. The zero-order valence-electron chi connectivity index (χ0n) is 15.9. The minimum atomic E-state index is -0.452. The Labute approximate surface area is 151 Å². The van der Waals surface area contributed by atoms with Gasteiger partial charge in [-0.2, -0.15) is 0 Å². The normalized spacial score (nSPS) is 14.2. The third kappa shape index (κ3) is 4.49. The lowest BCUT2D eigenvalue weighted by atomic mass is 9.69. The lowest BCUT2D eigenvalue weighted by Crippen LogP contribution is -2.54. The summed E-state index contributed by atoms with van der Waals surface area (Å²) in [6, 6.07) is 19.5. The van der Waals surface area contributed by atoms with Crippen LogP contribution in [0, 0.1) is 0 Å². The Balaban J connectivity index is 2.28. The molecule has 0 aliphatic carbocycles. The van der Waals surface area contributed by atoms with Crippen molar-refractivity contribution in [2.75, 3.05) is 6.54 Å². The van der Waals surface area contributed by atoms with Crippen LogP contribution in [0.4, 0.5) is 0 Å². The second kappa shape index (κ2) is 7.83. The first-order valence-corrected chi connectivity index (χ1v) is 8.83. The molecule has 3 nitrogen and oxygen atoms in total. The molecule has 0 heterocycles. The van der Waals surface area contributed by atoms with Crippen molar-refractivity contribution >= 4 is 5.91 Å². The summed E-state index contributed by atoms with van der Waals surface area (Å²) in [4.78, 5) is 12.5. The monoisotopic (exact) mass is 339 g/mol. The van der Waals surface area contributed by atoms with Crippen LogP contribution in [0.15, 0.2) is 60.7 Å². The molecule has 2 aromatic carbocycles. The van der Waals surface area contributed by atoms with E-state index >= 15 is 0 Å². The first-order chi connectivity index (χ1) is 11.8. The van der Waals surface area contributed by atoms with Crippen molar-refractivity contribution < 1.29 is 9.53 Å². The van der Waals surface area contributed by atoms with Crippen molar-refractivity contribution in [2.45, 2.75) is 51.7 Å². The summed E-state index contributed by atoms with van der Waals surface area (Å²) in [6.45, 7) is 10.9. The van der Waals surface area contributed by atoms with E-state index in [1.165, 1.54) is 0 Å². The Bertz CT molecular complexity index is 680. The molecule has 134 valence electrons. The maximum Gasteiger partial charge on any atom is 0.251 e. The molecule has 25 heavy (non-hydrogen) atoms. The molecule has 0 aliphatic heterocycles. The summed E-state index contributed by atoms with van der Waals surface area (Å²) in [5.74, 6) is -0.0666. The largest absolute Gasteiger partial charge is 0.372 e. The van der Waals surface area contributed by atoms with Gasteiger partial charge in [0.2, 0.25) is 0 Å². The number of hydrogen-bond donors (Lipinski definition) is 1. The van der Waals surface area contributed by atoms with Crippen molar-refractivity contribution in [1.82, 2.24) is 5.32 Å². The first kappa shape index (κ1) is 19.2. The second-order valence-corrected chi connectivity index (χ2v) is 7.42. The molecule has 0 saturated heterocycles. The van der Waals surface area contributed by atoms with Gasteiger partial charge in [0.25, 0.3) is 5.91 Å². The van der Waals surface area contributed by atoms with Gasteiger partial charge in [0.15, 0.2) is 0 Å². The van der Waals surface area contributed by atoms with Gasteiger partial charge < -0.3 is 10.1 Å². The number of carbonyl (C=O) groups excluding carboxylic acids is 1. The van der Waals surface area contributed by atoms with Crippen molar-refractivity contribution in [3.63, 3.8) is 0 Å². The summed E-state index contributed by atoms with van der Waals surface area (Å²) in [6.07, 6.45) is 0.0999. The predicted molar refractivity (Wildman–Crippen MR) is 103 cm³/mol. The number of ether oxygens (including phenoxy) is 1. The highest BCUT2D eigenvalue weighted by molar-refractivity contribution is 5.94. The van der Waals surface area contributed by atoms with Crippen molar-refractivity contribution in [1.29, 1.82) is 0 Å². The van der Waals surface area contributed by atoms with Crippen LogP contribution in [-0.4, -0.2) is 24.2 Å². The molecule has 1 atom stereocenters. The number of rotatable bonds is 7. The molecule has 1 unspecified atom stereocenters. The fraction of sp³-hybridized carbons (Fsp3) is 0.409. The van der Waals surface area contributed by atoms with Gasteiger partial charge in [0.05, 0.1) is 11.7 Å². The van der Waals surface area contributed by atoms with Crippen LogP contribution in [0.25, 0.3) is 0 Å². The highest BCUT2D eigenvalue weighted by Crippen LogP contribution is 2.38. The number of amides is 1. The summed E-state index contributed by atoms with van der Waals surface area (Å²) >= 11 is 0. The number of hydrogen-bond acceptors (Lipinski definition) is 2. The van der Waals surface area contributed by atoms with Crippen molar-refractivity contribution in [3.05, 3.63) is 71.8 Å². The van der Waals surface area contributed by atoms with Gasteiger partial charge in [0, 0.05) is 17.5 Å². The molecule has 1 amide bonds. The van der Waals surface area contributed by atoms with E-state index in [9.17, 15) is 4.79 Å². The van der Waals surface area contributed by atoms with Gasteiger partial charge in [-0.3, -0.25) is 4.79 Å². The van der Waals surface area contributed by atoms with Crippen LogP contribution in [0.3, 0.4) is 0 Å². The van der Waals surface area contributed by atoms with Gasteiger partial charge in [-0.05, 0) is 45.4 Å². The zero-order valence-corrected chi connectivity index (χ0v) is 15.9.